The lowest BCUT2D eigenvalue weighted by molar-refractivity contribution is 0.212. The van der Waals surface area contributed by atoms with Crippen LogP contribution in [-0.2, 0) is 0 Å². The van der Waals surface area contributed by atoms with Crippen LogP contribution in [0.15, 0.2) is 12.2 Å². The van der Waals surface area contributed by atoms with Crippen LogP contribution < -0.4 is 5.32 Å². The van der Waals surface area contributed by atoms with E-state index in [1.165, 1.54) is 0 Å². The van der Waals surface area contributed by atoms with Crippen molar-refractivity contribution in [2.75, 3.05) is 13.1 Å². The van der Waals surface area contributed by atoms with Gasteiger partial charge in [0.1, 0.15) is 0 Å². The zero-order valence-electron chi connectivity index (χ0n) is 7.05. The first-order chi connectivity index (χ1) is 5.16. The van der Waals surface area contributed by atoms with Gasteiger partial charge >= 0.3 is 6.03 Å². The summed E-state index contributed by atoms with van der Waals surface area (Å²) in [6.07, 6.45) is 0. The molecular weight excluding hydrogens is 140 g/mol. The van der Waals surface area contributed by atoms with Gasteiger partial charge in [0, 0.05) is 13.1 Å². The van der Waals surface area contributed by atoms with E-state index in [1.807, 2.05) is 13.8 Å². The van der Waals surface area contributed by atoms with Crippen LogP contribution in [0.2, 0.25) is 0 Å². The second kappa shape index (κ2) is 2.95. The normalized spacial score (nSPS) is 23.6. The number of carbonyl (C=O) groups excluding carboxylic acids is 1. The molecular formula is C8H14N2O. The summed E-state index contributed by atoms with van der Waals surface area (Å²) in [7, 11) is 0. The summed E-state index contributed by atoms with van der Waals surface area (Å²) in [5.41, 5.74) is 1.05. The van der Waals surface area contributed by atoms with Crippen LogP contribution in [0.1, 0.15) is 13.8 Å². The van der Waals surface area contributed by atoms with Crippen molar-refractivity contribution in [3.63, 3.8) is 0 Å². The van der Waals surface area contributed by atoms with Gasteiger partial charge in [-0.25, -0.2) is 4.79 Å². The molecule has 0 spiro atoms. The highest BCUT2D eigenvalue weighted by atomic mass is 16.2. The maximum absolute atomic E-state index is 11.1. The molecule has 0 unspecified atom stereocenters. The van der Waals surface area contributed by atoms with Gasteiger partial charge in [0.2, 0.25) is 0 Å². The van der Waals surface area contributed by atoms with E-state index in [9.17, 15) is 4.79 Å². The minimum atomic E-state index is 0.0282. The van der Waals surface area contributed by atoms with Crippen molar-refractivity contribution in [2.24, 2.45) is 0 Å². The van der Waals surface area contributed by atoms with E-state index >= 15 is 0 Å². The van der Waals surface area contributed by atoms with E-state index in [0.29, 0.717) is 6.54 Å². The van der Waals surface area contributed by atoms with Gasteiger partial charge in [-0.2, -0.15) is 0 Å². The molecule has 1 rings (SSSR count). The van der Waals surface area contributed by atoms with Crippen LogP contribution in [-0.4, -0.2) is 30.1 Å². The monoisotopic (exact) mass is 154 g/mol. The third kappa shape index (κ3) is 1.37. The Labute approximate surface area is 67.1 Å². The summed E-state index contributed by atoms with van der Waals surface area (Å²) in [6.45, 7) is 9.22. The Kier molecular flexibility index (Phi) is 2.17. The molecule has 1 saturated heterocycles. The highest BCUT2D eigenvalue weighted by molar-refractivity contribution is 5.77. The Bertz CT molecular complexity index is 189. The lowest BCUT2D eigenvalue weighted by Gasteiger charge is -2.20. The van der Waals surface area contributed by atoms with Gasteiger partial charge in [0.05, 0.1) is 6.04 Å². The van der Waals surface area contributed by atoms with Crippen LogP contribution in [0.3, 0.4) is 0 Å². The van der Waals surface area contributed by atoms with Crippen molar-refractivity contribution in [3.8, 4) is 0 Å². The molecule has 3 nitrogen and oxygen atoms in total. The predicted octanol–water partition coefficient (Wildman–Crippen LogP) is 0.976. The molecule has 0 aliphatic carbocycles. The molecule has 0 aromatic heterocycles. The quantitative estimate of drug-likeness (QED) is 0.591. The summed E-state index contributed by atoms with van der Waals surface area (Å²) in [4.78, 5) is 12.9. The van der Waals surface area contributed by atoms with Gasteiger partial charge in [0.25, 0.3) is 0 Å². The Morgan fingerprint density at radius 2 is 2.55 bits per heavy atom. The zero-order chi connectivity index (χ0) is 8.43. The lowest BCUT2D eigenvalue weighted by Crippen LogP contribution is -2.34. The highest BCUT2D eigenvalue weighted by Gasteiger charge is 2.29. The van der Waals surface area contributed by atoms with E-state index in [-0.39, 0.29) is 12.1 Å². The maximum Gasteiger partial charge on any atom is 0.318 e. The molecule has 1 aliphatic rings. The molecule has 0 radical (unpaired) electrons. The van der Waals surface area contributed by atoms with Crippen LogP contribution in [0.4, 0.5) is 4.79 Å². The molecule has 2 amide bonds. The number of urea groups is 1. The molecule has 0 bridgehead atoms. The molecule has 1 N–H and O–H groups in total. The van der Waals surface area contributed by atoms with E-state index < -0.39 is 0 Å². The van der Waals surface area contributed by atoms with Crippen LogP contribution in [0, 0.1) is 0 Å². The van der Waals surface area contributed by atoms with Gasteiger partial charge < -0.3 is 10.2 Å². The molecule has 1 aliphatic heterocycles. The second-order valence-corrected chi connectivity index (χ2v) is 2.83. The number of hydrogen-bond acceptors (Lipinski definition) is 1. The van der Waals surface area contributed by atoms with Crippen LogP contribution >= 0.6 is 0 Å². The molecule has 0 aromatic carbocycles. The third-order valence-corrected chi connectivity index (χ3v) is 1.99. The molecule has 3 heteroatoms. The van der Waals surface area contributed by atoms with Crippen molar-refractivity contribution in [1.29, 1.82) is 0 Å². The molecule has 62 valence electrons. The lowest BCUT2D eigenvalue weighted by atomic mass is 10.1. The summed E-state index contributed by atoms with van der Waals surface area (Å²) in [6, 6.07) is 0.230. The van der Waals surface area contributed by atoms with Crippen molar-refractivity contribution in [2.45, 2.75) is 19.9 Å². The summed E-state index contributed by atoms with van der Waals surface area (Å²) < 4.78 is 0. The number of nitrogens with one attached hydrogen (secondary N) is 1. The van der Waals surface area contributed by atoms with E-state index in [2.05, 4.69) is 11.9 Å². The van der Waals surface area contributed by atoms with Crippen molar-refractivity contribution >= 4 is 6.03 Å². The third-order valence-electron chi connectivity index (χ3n) is 1.99. The van der Waals surface area contributed by atoms with E-state index in [0.717, 1.165) is 12.1 Å². The Hall–Kier alpha value is -0.990. The number of likely N-dealkylation sites (N-methyl/N-ethyl adjacent to an activating group) is 1. The molecule has 1 atom stereocenters. The van der Waals surface area contributed by atoms with E-state index in [1.54, 1.807) is 4.90 Å². The van der Waals surface area contributed by atoms with Crippen molar-refractivity contribution < 1.29 is 4.79 Å². The summed E-state index contributed by atoms with van der Waals surface area (Å²) in [5.74, 6) is 0. The van der Waals surface area contributed by atoms with Gasteiger partial charge in [-0.3, -0.25) is 0 Å². The van der Waals surface area contributed by atoms with Crippen LogP contribution in [0.5, 0.6) is 0 Å². The molecule has 1 fully saturated rings. The number of carbonyl (C=O) groups is 1. The Balaban J connectivity index is 2.68. The zero-order valence-corrected chi connectivity index (χ0v) is 7.05. The summed E-state index contributed by atoms with van der Waals surface area (Å²) in [5, 5.41) is 2.78. The molecule has 1 heterocycles. The van der Waals surface area contributed by atoms with Crippen molar-refractivity contribution in [3.05, 3.63) is 12.2 Å². The average molecular weight is 154 g/mol. The predicted molar refractivity (Wildman–Crippen MR) is 44.4 cm³/mol. The molecule has 0 saturated carbocycles. The highest BCUT2D eigenvalue weighted by Crippen LogP contribution is 2.12. The minimum Gasteiger partial charge on any atom is -0.336 e. The van der Waals surface area contributed by atoms with Gasteiger partial charge in [0.15, 0.2) is 0 Å². The Morgan fingerprint density at radius 3 is 2.91 bits per heavy atom. The molecule has 0 aromatic rings. The fourth-order valence-corrected chi connectivity index (χ4v) is 1.34. The average Bonchev–Trinajstić information content (AvgIpc) is 2.30. The Morgan fingerprint density at radius 1 is 1.91 bits per heavy atom. The minimum absolute atomic E-state index is 0.0282. The van der Waals surface area contributed by atoms with Crippen LogP contribution in [0.25, 0.3) is 0 Å². The number of amides is 2. The smallest absolute Gasteiger partial charge is 0.318 e. The first kappa shape index (κ1) is 8.11. The molecule has 11 heavy (non-hydrogen) atoms. The maximum atomic E-state index is 11.1. The first-order valence-electron chi connectivity index (χ1n) is 3.86. The number of hydrogen-bond donors (Lipinski definition) is 1. The fraction of sp³-hybridized carbons (Fsp3) is 0.625. The van der Waals surface area contributed by atoms with Gasteiger partial charge in [-0.15, -0.1) is 0 Å². The van der Waals surface area contributed by atoms with Crippen molar-refractivity contribution in [1.82, 2.24) is 10.2 Å². The number of rotatable bonds is 2. The second-order valence-electron chi connectivity index (χ2n) is 2.83. The fourth-order valence-electron chi connectivity index (χ4n) is 1.34. The largest absolute Gasteiger partial charge is 0.336 e. The van der Waals surface area contributed by atoms with Gasteiger partial charge in [-0.1, -0.05) is 12.2 Å². The number of nitrogens with zero attached hydrogens (tertiary/aromatic N) is 1. The van der Waals surface area contributed by atoms with E-state index in [4.69, 9.17) is 0 Å². The standard InChI is InChI=1S/C8H14N2O/c1-4-10-7(6(2)3)5-9-8(10)11/h7H,2,4-5H2,1,3H3,(H,9,11)/t7-/m0/s1. The SMILES string of the molecule is C=C(C)[C@@H]1CNC(=O)N1CC. The first-order valence-corrected chi connectivity index (χ1v) is 3.86. The summed E-state index contributed by atoms with van der Waals surface area (Å²) >= 11 is 0. The topological polar surface area (TPSA) is 32.3 Å². The van der Waals surface area contributed by atoms with Gasteiger partial charge in [-0.05, 0) is 13.8 Å².